The van der Waals surface area contributed by atoms with Crippen LogP contribution in [0.1, 0.15) is 16.8 Å². The van der Waals surface area contributed by atoms with Crippen LogP contribution >= 0.6 is 11.3 Å². The number of rotatable bonds is 5. The van der Waals surface area contributed by atoms with Gasteiger partial charge in [-0.2, -0.15) is 0 Å². The molecule has 0 bridgehead atoms. The number of imidazole rings is 1. The molecule has 0 spiro atoms. The number of aryl methyl sites for hydroxylation is 1. The smallest absolute Gasteiger partial charge is 0.193 e. The monoisotopic (exact) mass is 391 g/mol. The molecule has 9 heteroatoms. The number of aliphatic imine (C=N–C) groups is 1. The molecule has 2 heterocycles. The van der Waals surface area contributed by atoms with Crippen LogP contribution in [0.5, 0.6) is 0 Å². The highest BCUT2D eigenvalue weighted by Crippen LogP contribution is 2.16. The van der Waals surface area contributed by atoms with E-state index in [1.807, 2.05) is 34.3 Å². The van der Waals surface area contributed by atoms with Crippen LogP contribution in [-0.4, -0.2) is 37.1 Å². The predicted molar refractivity (Wildman–Crippen MR) is 104 cm³/mol. The second kappa shape index (κ2) is 7.46. The van der Waals surface area contributed by atoms with Crippen LogP contribution in [0.25, 0.3) is 4.96 Å². The lowest BCUT2D eigenvalue weighted by molar-refractivity contribution is 0.601. The minimum Gasteiger partial charge on any atom is -0.352 e. The van der Waals surface area contributed by atoms with E-state index in [9.17, 15) is 8.42 Å². The minimum atomic E-state index is -3.20. The van der Waals surface area contributed by atoms with Gasteiger partial charge in [-0.05, 0) is 24.1 Å². The van der Waals surface area contributed by atoms with Crippen LogP contribution in [0.4, 0.5) is 0 Å². The molecule has 0 saturated carbocycles. The van der Waals surface area contributed by atoms with Crippen LogP contribution in [0.2, 0.25) is 0 Å². The fourth-order valence-electron chi connectivity index (χ4n) is 2.68. The number of sulfone groups is 1. The van der Waals surface area contributed by atoms with Crippen LogP contribution in [-0.2, 0) is 22.9 Å². The standard InChI is InChI=1S/C17H21N5O2S2/c1-12-8-13(4-5-15(12)26(3,23)24)9-19-16(18-2)20-10-14-11-22-6-7-25-17(22)21-14/h4-8,11H,9-10H2,1-3H3,(H2,18,19,20). The molecule has 2 aromatic heterocycles. The van der Waals surface area contributed by atoms with E-state index in [0.29, 0.717) is 23.9 Å². The van der Waals surface area contributed by atoms with E-state index in [0.717, 1.165) is 21.8 Å². The number of hydrogen-bond donors (Lipinski definition) is 2. The lowest BCUT2D eigenvalue weighted by Crippen LogP contribution is -2.36. The molecule has 0 aliphatic carbocycles. The van der Waals surface area contributed by atoms with Crippen molar-refractivity contribution in [2.24, 2.45) is 4.99 Å². The topological polar surface area (TPSA) is 87.9 Å². The van der Waals surface area contributed by atoms with E-state index in [1.165, 1.54) is 6.26 Å². The molecule has 3 rings (SSSR count). The van der Waals surface area contributed by atoms with Crippen LogP contribution in [0, 0.1) is 6.92 Å². The first kappa shape index (κ1) is 18.4. The Morgan fingerprint density at radius 1 is 1.31 bits per heavy atom. The van der Waals surface area contributed by atoms with E-state index in [1.54, 1.807) is 31.4 Å². The van der Waals surface area contributed by atoms with Gasteiger partial charge in [0.1, 0.15) is 0 Å². The van der Waals surface area contributed by atoms with Crippen LogP contribution in [0.15, 0.2) is 45.9 Å². The first-order valence-corrected chi connectivity index (χ1v) is 10.8. The quantitative estimate of drug-likeness (QED) is 0.513. The molecule has 0 aliphatic heterocycles. The number of thiazole rings is 1. The van der Waals surface area contributed by atoms with E-state index < -0.39 is 9.84 Å². The summed E-state index contributed by atoms with van der Waals surface area (Å²) in [7, 11) is -1.49. The predicted octanol–water partition coefficient (Wildman–Crippen LogP) is 1.97. The Morgan fingerprint density at radius 2 is 2.08 bits per heavy atom. The van der Waals surface area contributed by atoms with Gasteiger partial charge in [0, 0.05) is 37.6 Å². The van der Waals surface area contributed by atoms with Crippen molar-refractivity contribution in [2.75, 3.05) is 13.3 Å². The summed E-state index contributed by atoms with van der Waals surface area (Å²) < 4.78 is 25.4. The average molecular weight is 392 g/mol. The Bertz CT molecular complexity index is 1020. The summed E-state index contributed by atoms with van der Waals surface area (Å²) in [5.41, 5.74) is 2.67. The maximum absolute atomic E-state index is 11.7. The van der Waals surface area contributed by atoms with Crippen LogP contribution < -0.4 is 10.6 Å². The molecule has 3 aromatic rings. The molecule has 0 atom stereocenters. The Hall–Kier alpha value is -2.39. The summed E-state index contributed by atoms with van der Waals surface area (Å²) in [6.45, 7) is 2.92. The van der Waals surface area contributed by atoms with Gasteiger partial charge in [-0.1, -0.05) is 12.1 Å². The van der Waals surface area contributed by atoms with Gasteiger partial charge >= 0.3 is 0 Å². The molecule has 0 aliphatic rings. The van der Waals surface area contributed by atoms with Crippen molar-refractivity contribution in [3.05, 3.63) is 52.8 Å². The fourth-order valence-corrected chi connectivity index (χ4v) is 4.36. The SMILES string of the molecule is CN=C(NCc1ccc(S(C)(=O)=O)c(C)c1)NCc1cn2ccsc2n1. The van der Waals surface area contributed by atoms with Crippen molar-refractivity contribution in [3.8, 4) is 0 Å². The number of hydrogen-bond acceptors (Lipinski definition) is 5. The molecular formula is C17H21N5O2S2. The normalized spacial score (nSPS) is 12.5. The van der Waals surface area contributed by atoms with Crippen LogP contribution in [0.3, 0.4) is 0 Å². The molecule has 0 radical (unpaired) electrons. The van der Waals surface area contributed by atoms with Crippen molar-refractivity contribution in [2.45, 2.75) is 24.9 Å². The maximum atomic E-state index is 11.7. The summed E-state index contributed by atoms with van der Waals surface area (Å²) >= 11 is 1.60. The molecule has 26 heavy (non-hydrogen) atoms. The Labute approximate surface area is 156 Å². The van der Waals surface area contributed by atoms with Gasteiger partial charge in [-0.25, -0.2) is 13.4 Å². The second-order valence-electron chi connectivity index (χ2n) is 5.98. The maximum Gasteiger partial charge on any atom is 0.193 e. The zero-order valence-electron chi connectivity index (χ0n) is 14.9. The molecule has 0 amide bonds. The van der Waals surface area contributed by atoms with E-state index in [-0.39, 0.29) is 0 Å². The zero-order valence-corrected chi connectivity index (χ0v) is 16.5. The largest absolute Gasteiger partial charge is 0.352 e. The molecule has 1 aromatic carbocycles. The third-order valence-electron chi connectivity index (χ3n) is 3.90. The van der Waals surface area contributed by atoms with Gasteiger partial charge in [0.2, 0.25) is 0 Å². The first-order chi connectivity index (χ1) is 12.4. The highest BCUT2D eigenvalue weighted by Gasteiger charge is 2.11. The van der Waals surface area contributed by atoms with Gasteiger partial charge in [0.05, 0.1) is 17.1 Å². The molecular weight excluding hydrogens is 370 g/mol. The summed E-state index contributed by atoms with van der Waals surface area (Å²) in [6, 6.07) is 5.34. The summed E-state index contributed by atoms with van der Waals surface area (Å²) in [6.07, 6.45) is 5.19. The van der Waals surface area contributed by atoms with Gasteiger partial charge < -0.3 is 10.6 Å². The fraction of sp³-hybridized carbons (Fsp3) is 0.294. The third kappa shape index (κ3) is 4.23. The number of guanidine groups is 1. The number of nitrogens with one attached hydrogen (secondary N) is 2. The molecule has 0 saturated heterocycles. The average Bonchev–Trinajstić information content (AvgIpc) is 3.15. The van der Waals surface area contributed by atoms with Crippen molar-refractivity contribution >= 4 is 32.1 Å². The number of fused-ring (bicyclic) bond motifs is 1. The van der Waals surface area contributed by atoms with E-state index in [2.05, 4.69) is 20.6 Å². The van der Waals surface area contributed by atoms with Gasteiger partial charge in [0.15, 0.2) is 20.8 Å². The molecule has 0 unspecified atom stereocenters. The molecule has 2 N–H and O–H groups in total. The summed E-state index contributed by atoms with van der Waals surface area (Å²) in [5.74, 6) is 0.659. The van der Waals surface area contributed by atoms with Crippen molar-refractivity contribution in [3.63, 3.8) is 0 Å². The summed E-state index contributed by atoms with van der Waals surface area (Å²) in [5, 5.41) is 8.45. The zero-order chi connectivity index (χ0) is 18.7. The lowest BCUT2D eigenvalue weighted by atomic mass is 10.1. The molecule has 0 fully saturated rings. The molecule has 138 valence electrons. The third-order valence-corrected chi connectivity index (χ3v) is 5.93. The Balaban J connectivity index is 1.58. The van der Waals surface area contributed by atoms with Crippen molar-refractivity contribution in [1.82, 2.24) is 20.0 Å². The van der Waals surface area contributed by atoms with E-state index >= 15 is 0 Å². The highest BCUT2D eigenvalue weighted by atomic mass is 32.2. The first-order valence-electron chi connectivity index (χ1n) is 8.02. The Kier molecular flexibility index (Phi) is 5.28. The second-order valence-corrected chi connectivity index (χ2v) is 8.83. The van der Waals surface area contributed by atoms with Gasteiger partial charge in [-0.3, -0.25) is 9.39 Å². The van der Waals surface area contributed by atoms with E-state index in [4.69, 9.17) is 0 Å². The molecule has 7 nitrogen and oxygen atoms in total. The van der Waals surface area contributed by atoms with Gasteiger partial charge in [-0.15, -0.1) is 11.3 Å². The minimum absolute atomic E-state index is 0.364. The number of aromatic nitrogens is 2. The number of benzene rings is 1. The highest BCUT2D eigenvalue weighted by molar-refractivity contribution is 7.90. The van der Waals surface area contributed by atoms with Crippen molar-refractivity contribution < 1.29 is 8.42 Å². The lowest BCUT2D eigenvalue weighted by Gasteiger charge is -2.12. The summed E-state index contributed by atoms with van der Waals surface area (Å²) in [4.78, 5) is 10.1. The number of nitrogens with zero attached hydrogens (tertiary/aromatic N) is 3. The Morgan fingerprint density at radius 3 is 2.73 bits per heavy atom. The van der Waals surface area contributed by atoms with Gasteiger partial charge in [0.25, 0.3) is 0 Å². The van der Waals surface area contributed by atoms with Crippen molar-refractivity contribution in [1.29, 1.82) is 0 Å².